The highest BCUT2D eigenvalue weighted by Crippen LogP contribution is 2.18. The third-order valence-corrected chi connectivity index (χ3v) is 3.06. The summed E-state index contributed by atoms with van der Waals surface area (Å²) in [6.07, 6.45) is 1.65. The molecule has 0 aliphatic heterocycles. The standard InChI is InChI=1S/C13H14BrNO3/c1-3-4-11(13(17)18)15-12(16)9-7-8(2)5-6-10(9)14/h3,5-7,11H,1,4H2,2H3,(H,15,16)(H,17,18). The average Bonchev–Trinajstić information content (AvgIpc) is 2.31. The summed E-state index contributed by atoms with van der Waals surface area (Å²) in [4.78, 5) is 22.9. The van der Waals surface area contributed by atoms with E-state index in [9.17, 15) is 9.59 Å². The quantitative estimate of drug-likeness (QED) is 0.821. The van der Waals surface area contributed by atoms with E-state index in [0.29, 0.717) is 10.0 Å². The minimum Gasteiger partial charge on any atom is -0.480 e. The zero-order chi connectivity index (χ0) is 13.7. The molecule has 1 amide bonds. The Morgan fingerprint density at radius 2 is 2.22 bits per heavy atom. The van der Waals surface area contributed by atoms with Gasteiger partial charge in [-0.1, -0.05) is 17.7 Å². The first-order valence-corrected chi connectivity index (χ1v) is 6.15. The van der Waals surface area contributed by atoms with Gasteiger partial charge in [-0.05, 0) is 41.4 Å². The van der Waals surface area contributed by atoms with Gasteiger partial charge in [0, 0.05) is 4.47 Å². The molecule has 1 rings (SSSR count). The van der Waals surface area contributed by atoms with Crippen molar-refractivity contribution in [2.45, 2.75) is 19.4 Å². The number of nitrogens with one attached hydrogen (secondary N) is 1. The summed E-state index contributed by atoms with van der Waals surface area (Å²) in [5.74, 6) is -1.49. The number of carbonyl (C=O) groups is 2. The lowest BCUT2D eigenvalue weighted by atomic mass is 10.1. The van der Waals surface area contributed by atoms with E-state index >= 15 is 0 Å². The van der Waals surface area contributed by atoms with Gasteiger partial charge < -0.3 is 10.4 Å². The molecule has 1 aromatic carbocycles. The van der Waals surface area contributed by atoms with Crippen LogP contribution in [-0.2, 0) is 4.79 Å². The minimum atomic E-state index is -1.08. The van der Waals surface area contributed by atoms with Crippen molar-refractivity contribution in [3.05, 3.63) is 46.5 Å². The highest BCUT2D eigenvalue weighted by Gasteiger charge is 2.20. The predicted molar refractivity (Wildman–Crippen MR) is 72.6 cm³/mol. The molecule has 0 saturated heterocycles. The summed E-state index contributed by atoms with van der Waals surface area (Å²) < 4.78 is 0.633. The lowest BCUT2D eigenvalue weighted by Gasteiger charge is -2.13. The van der Waals surface area contributed by atoms with E-state index in [1.807, 2.05) is 13.0 Å². The summed E-state index contributed by atoms with van der Waals surface area (Å²) in [5, 5.41) is 11.4. The monoisotopic (exact) mass is 311 g/mol. The molecule has 1 atom stereocenters. The van der Waals surface area contributed by atoms with Gasteiger partial charge in [0.15, 0.2) is 0 Å². The van der Waals surface area contributed by atoms with Crippen molar-refractivity contribution in [2.24, 2.45) is 0 Å². The summed E-state index contributed by atoms with van der Waals surface area (Å²) >= 11 is 3.27. The number of halogens is 1. The second-order valence-electron chi connectivity index (χ2n) is 3.87. The van der Waals surface area contributed by atoms with Crippen LogP contribution in [0.2, 0.25) is 0 Å². The molecule has 0 saturated carbocycles. The van der Waals surface area contributed by atoms with Crippen LogP contribution in [0.1, 0.15) is 22.3 Å². The lowest BCUT2D eigenvalue weighted by Crippen LogP contribution is -2.40. The van der Waals surface area contributed by atoms with Crippen molar-refractivity contribution < 1.29 is 14.7 Å². The molecule has 0 aliphatic rings. The molecule has 1 unspecified atom stereocenters. The van der Waals surface area contributed by atoms with E-state index in [2.05, 4.69) is 27.8 Å². The van der Waals surface area contributed by atoms with Crippen molar-refractivity contribution in [1.29, 1.82) is 0 Å². The molecule has 0 spiro atoms. The molecule has 0 bridgehead atoms. The van der Waals surface area contributed by atoms with Crippen LogP contribution in [0.25, 0.3) is 0 Å². The molecule has 0 fully saturated rings. The maximum Gasteiger partial charge on any atom is 0.326 e. The second kappa shape index (κ2) is 6.35. The number of aryl methyl sites for hydroxylation is 1. The largest absolute Gasteiger partial charge is 0.480 e. The van der Waals surface area contributed by atoms with Gasteiger partial charge >= 0.3 is 5.97 Å². The number of carboxylic acid groups (broad SMARTS) is 1. The predicted octanol–water partition coefficient (Wildman–Crippen LogP) is 2.52. The third-order valence-electron chi connectivity index (χ3n) is 2.37. The van der Waals surface area contributed by atoms with Crippen LogP contribution in [0, 0.1) is 6.92 Å². The maximum absolute atomic E-state index is 12.0. The molecule has 4 nitrogen and oxygen atoms in total. The van der Waals surface area contributed by atoms with E-state index in [-0.39, 0.29) is 6.42 Å². The fourth-order valence-electron chi connectivity index (χ4n) is 1.44. The lowest BCUT2D eigenvalue weighted by molar-refractivity contribution is -0.139. The molecular formula is C13H14BrNO3. The molecule has 18 heavy (non-hydrogen) atoms. The zero-order valence-corrected chi connectivity index (χ0v) is 11.5. The van der Waals surface area contributed by atoms with Crippen LogP contribution in [0.4, 0.5) is 0 Å². The Hall–Kier alpha value is -1.62. The average molecular weight is 312 g/mol. The van der Waals surface area contributed by atoms with Gasteiger partial charge in [-0.25, -0.2) is 4.79 Å². The van der Waals surface area contributed by atoms with E-state index in [4.69, 9.17) is 5.11 Å². The summed E-state index contributed by atoms with van der Waals surface area (Å²) in [6.45, 7) is 5.33. The van der Waals surface area contributed by atoms with Crippen molar-refractivity contribution in [3.8, 4) is 0 Å². The Balaban J connectivity index is 2.89. The highest BCUT2D eigenvalue weighted by molar-refractivity contribution is 9.10. The number of hydrogen-bond acceptors (Lipinski definition) is 2. The van der Waals surface area contributed by atoms with Crippen molar-refractivity contribution in [1.82, 2.24) is 5.32 Å². The van der Waals surface area contributed by atoms with Gasteiger partial charge in [0.25, 0.3) is 5.91 Å². The number of amides is 1. The first-order chi connectivity index (χ1) is 8.45. The van der Waals surface area contributed by atoms with Crippen LogP contribution in [0.3, 0.4) is 0 Å². The summed E-state index contributed by atoms with van der Waals surface area (Å²) in [7, 11) is 0. The normalized spacial score (nSPS) is 11.7. The third kappa shape index (κ3) is 3.70. The number of hydrogen-bond donors (Lipinski definition) is 2. The number of carboxylic acids is 1. The molecule has 5 heteroatoms. The van der Waals surface area contributed by atoms with Crippen LogP contribution < -0.4 is 5.32 Å². The van der Waals surface area contributed by atoms with Crippen LogP contribution in [0.15, 0.2) is 35.3 Å². The van der Waals surface area contributed by atoms with Gasteiger partial charge in [-0.2, -0.15) is 0 Å². The minimum absolute atomic E-state index is 0.185. The Labute approximate surface area is 114 Å². The fourth-order valence-corrected chi connectivity index (χ4v) is 1.86. The van der Waals surface area contributed by atoms with Crippen molar-refractivity contribution >= 4 is 27.8 Å². The molecule has 0 heterocycles. The van der Waals surface area contributed by atoms with Crippen molar-refractivity contribution in [3.63, 3.8) is 0 Å². The Morgan fingerprint density at radius 3 is 2.78 bits per heavy atom. The zero-order valence-electron chi connectivity index (χ0n) is 9.94. The molecule has 1 aromatic rings. The Bertz CT molecular complexity index is 485. The number of aliphatic carboxylic acids is 1. The highest BCUT2D eigenvalue weighted by atomic mass is 79.9. The van der Waals surface area contributed by atoms with E-state index in [1.54, 1.807) is 12.1 Å². The molecule has 0 aliphatic carbocycles. The first kappa shape index (κ1) is 14.4. The molecule has 0 aromatic heterocycles. The Kier molecular flexibility index (Phi) is 5.09. The summed E-state index contributed by atoms with van der Waals surface area (Å²) in [5.41, 5.74) is 1.35. The molecule has 2 N–H and O–H groups in total. The Morgan fingerprint density at radius 1 is 1.56 bits per heavy atom. The molecule has 96 valence electrons. The van der Waals surface area contributed by atoms with Gasteiger partial charge in [0.05, 0.1) is 5.56 Å². The topological polar surface area (TPSA) is 66.4 Å². The van der Waals surface area contributed by atoms with Gasteiger partial charge in [0.1, 0.15) is 6.04 Å². The van der Waals surface area contributed by atoms with E-state index in [0.717, 1.165) is 5.56 Å². The molecule has 0 radical (unpaired) electrons. The summed E-state index contributed by atoms with van der Waals surface area (Å²) in [6, 6.07) is 4.36. The number of rotatable bonds is 5. The fraction of sp³-hybridized carbons (Fsp3) is 0.231. The van der Waals surface area contributed by atoms with Gasteiger partial charge in [0.2, 0.25) is 0 Å². The smallest absolute Gasteiger partial charge is 0.326 e. The number of benzene rings is 1. The van der Waals surface area contributed by atoms with Gasteiger partial charge in [-0.3, -0.25) is 4.79 Å². The second-order valence-corrected chi connectivity index (χ2v) is 4.73. The number of carbonyl (C=O) groups excluding carboxylic acids is 1. The maximum atomic E-state index is 12.0. The van der Waals surface area contributed by atoms with Crippen LogP contribution >= 0.6 is 15.9 Å². The molecular weight excluding hydrogens is 298 g/mol. The van der Waals surface area contributed by atoms with E-state index in [1.165, 1.54) is 6.08 Å². The van der Waals surface area contributed by atoms with E-state index < -0.39 is 17.9 Å². The van der Waals surface area contributed by atoms with Crippen molar-refractivity contribution in [2.75, 3.05) is 0 Å². The first-order valence-electron chi connectivity index (χ1n) is 5.36. The van der Waals surface area contributed by atoms with Gasteiger partial charge in [-0.15, -0.1) is 6.58 Å². The SMILES string of the molecule is C=CCC(NC(=O)c1cc(C)ccc1Br)C(=O)O. The van der Waals surface area contributed by atoms with Crippen LogP contribution in [0.5, 0.6) is 0 Å². The van der Waals surface area contributed by atoms with Crippen LogP contribution in [-0.4, -0.2) is 23.0 Å².